The van der Waals surface area contributed by atoms with Gasteiger partial charge in [0.25, 0.3) is 5.91 Å². The third kappa shape index (κ3) is 4.14. The van der Waals surface area contributed by atoms with Crippen LogP contribution >= 0.6 is 11.8 Å². The van der Waals surface area contributed by atoms with Crippen molar-refractivity contribution in [1.29, 1.82) is 0 Å². The van der Waals surface area contributed by atoms with Crippen LogP contribution in [0.3, 0.4) is 0 Å². The first-order chi connectivity index (χ1) is 13.3. The summed E-state index contributed by atoms with van der Waals surface area (Å²) in [6.45, 7) is 0. The van der Waals surface area contributed by atoms with Crippen molar-refractivity contribution in [1.82, 2.24) is 4.98 Å². The van der Waals surface area contributed by atoms with Crippen LogP contribution in [0.1, 0.15) is 16.8 Å². The van der Waals surface area contributed by atoms with Gasteiger partial charge in [0.2, 0.25) is 5.88 Å². The summed E-state index contributed by atoms with van der Waals surface area (Å²) in [5, 5.41) is 3.03. The number of benzene rings is 2. The van der Waals surface area contributed by atoms with E-state index in [2.05, 4.69) is 10.3 Å². The highest BCUT2D eigenvalue weighted by Gasteiger charge is 2.21. The number of rotatable bonds is 5. The molecule has 0 radical (unpaired) electrons. The molecule has 0 saturated carbocycles. The summed E-state index contributed by atoms with van der Waals surface area (Å²) in [4.78, 5) is 17.2. The van der Waals surface area contributed by atoms with E-state index in [0.717, 1.165) is 34.7 Å². The number of anilines is 1. The molecule has 0 spiro atoms. The first-order valence-electron chi connectivity index (χ1n) is 8.96. The van der Waals surface area contributed by atoms with E-state index in [9.17, 15) is 4.79 Å². The molecule has 0 unspecified atom stereocenters. The van der Waals surface area contributed by atoms with Gasteiger partial charge in [0.05, 0.1) is 0 Å². The largest absolute Gasteiger partial charge is 0.473 e. The second-order valence-corrected chi connectivity index (χ2v) is 7.48. The molecular formula is C22H20N2O2S. The predicted octanol–water partition coefficient (Wildman–Crippen LogP) is 4.89. The molecule has 136 valence electrons. The van der Waals surface area contributed by atoms with E-state index in [0.29, 0.717) is 11.4 Å². The maximum Gasteiger partial charge on any atom is 0.261 e. The lowest BCUT2D eigenvalue weighted by Crippen LogP contribution is -2.20. The predicted molar refractivity (Wildman–Crippen MR) is 110 cm³/mol. The molecular weight excluding hydrogens is 356 g/mol. The van der Waals surface area contributed by atoms with Crippen molar-refractivity contribution in [2.24, 2.45) is 0 Å². The fourth-order valence-corrected chi connectivity index (χ4v) is 4.17. The molecule has 27 heavy (non-hydrogen) atoms. The number of hydrogen-bond donors (Lipinski definition) is 1. The number of para-hydroxylation sites is 1. The normalized spacial score (nSPS) is 16.1. The van der Waals surface area contributed by atoms with Gasteiger partial charge >= 0.3 is 0 Å². The second kappa shape index (κ2) is 8.27. The van der Waals surface area contributed by atoms with Crippen LogP contribution in [0.2, 0.25) is 0 Å². The van der Waals surface area contributed by atoms with Crippen molar-refractivity contribution in [2.45, 2.75) is 12.5 Å². The molecule has 1 aliphatic heterocycles. The van der Waals surface area contributed by atoms with Crippen molar-refractivity contribution in [3.8, 4) is 17.0 Å². The first kappa shape index (κ1) is 17.6. The highest BCUT2D eigenvalue weighted by atomic mass is 32.2. The van der Waals surface area contributed by atoms with E-state index >= 15 is 0 Å². The smallest absolute Gasteiger partial charge is 0.261 e. The average molecular weight is 376 g/mol. The van der Waals surface area contributed by atoms with Crippen LogP contribution in [-0.4, -0.2) is 28.5 Å². The van der Waals surface area contributed by atoms with E-state index < -0.39 is 0 Å². The van der Waals surface area contributed by atoms with Crippen molar-refractivity contribution in [2.75, 3.05) is 16.8 Å². The van der Waals surface area contributed by atoms with Crippen molar-refractivity contribution < 1.29 is 9.53 Å². The van der Waals surface area contributed by atoms with Crippen LogP contribution in [0.25, 0.3) is 11.1 Å². The molecule has 1 atom stereocenters. The molecule has 2 heterocycles. The van der Waals surface area contributed by atoms with Gasteiger partial charge in [-0.3, -0.25) is 4.79 Å². The Kier molecular flexibility index (Phi) is 5.39. The Morgan fingerprint density at radius 2 is 1.85 bits per heavy atom. The SMILES string of the molecule is O=C(Nc1ccccc1-c1ccccc1)c1cccnc1O[C@@H]1CCSC1. The summed E-state index contributed by atoms with van der Waals surface area (Å²) in [5.74, 6) is 2.21. The van der Waals surface area contributed by atoms with Gasteiger partial charge < -0.3 is 10.1 Å². The van der Waals surface area contributed by atoms with Gasteiger partial charge in [0.15, 0.2) is 0 Å². The summed E-state index contributed by atoms with van der Waals surface area (Å²) in [6, 6.07) is 21.3. The number of pyridine rings is 1. The Bertz CT molecular complexity index is 924. The van der Waals surface area contributed by atoms with E-state index in [1.54, 1.807) is 18.3 Å². The van der Waals surface area contributed by atoms with Crippen LogP contribution in [-0.2, 0) is 0 Å². The van der Waals surface area contributed by atoms with E-state index in [4.69, 9.17) is 4.74 Å². The number of hydrogen-bond acceptors (Lipinski definition) is 4. The van der Waals surface area contributed by atoms with Gasteiger partial charge in [-0.25, -0.2) is 4.98 Å². The van der Waals surface area contributed by atoms with E-state index in [-0.39, 0.29) is 12.0 Å². The van der Waals surface area contributed by atoms with Gasteiger partial charge in [-0.15, -0.1) is 0 Å². The van der Waals surface area contributed by atoms with Gasteiger partial charge in [0.1, 0.15) is 11.7 Å². The van der Waals surface area contributed by atoms with Gasteiger partial charge in [-0.1, -0.05) is 48.5 Å². The maximum absolute atomic E-state index is 13.0. The number of aromatic nitrogens is 1. The third-order valence-corrected chi connectivity index (χ3v) is 5.57. The summed E-state index contributed by atoms with van der Waals surface area (Å²) in [7, 11) is 0. The van der Waals surface area contributed by atoms with Gasteiger partial charge in [-0.2, -0.15) is 11.8 Å². The molecule has 1 aliphatic rings. The Morgan fingerprint density at radius 1 is 1.04 bits per heavy atom. The van der Waals surface area contributed by atoms with Crippen molar-refractivity contribution in [3.05, 3.63) is 78.5 Å². The molecule has 1 aromatic heterocycles. The Balaban J connectivity index is 1.59. The molecule has 4 nitrogen and oxygen atoms in total. The zero-order valence-electron chi connectivity index (χ0n) is 14.8. The monoisotopic (exact) mass is 376 g/mol. The zero-order valence-corrected chi connectivity index (χ0v) is 15.6. The quantitative estimate of drug-likeness (QED) is 0.689. The Labute approximate surface area is 163 Å². The van der Waals surface area contributed by atoms with Gasteiger partial charge in [0, 0.05) is 23.2 Å². The standard InChI is InChI=1S/C22H20N2O2S/c25-21(19-10-6-13-23-22(19)26-17-12-14-27-15-17)24-20-11-5-4-9-18(20)16-7-2-1-3-8-16/h1-11,13,17H,12,14-15H2,(H,24,25)/t17-/m1/s1. The van der Waals surface area contributed by atoms with Crippen molar-refractivity contribution in [3.63, 3.8) is 0 Å². The van der Waals surface area contributed by atoms with E-state index in [1.807, 2.05) is 66.4 Å². The first-order valence-corrected chi connectivity index (χ1v) is 10.1. The molecule has 0 bridgehead atoms. The highest BCUT2D eigenvalue weighted by molar-refractivity contribution is 7.99. The molecule has 1 N–H and O–H groups in total. The lowest BCUT2D eigenvalue weighted by Gasteiger charge is -2.15. The number of thioether (sulfide) groups is 1. The number of amides is 1. The number of carbonyl (C=O) groups is 1. The van der Waals surface area contributed by atoms with E-state index in [1.165, 1.54) is 0 Å². The molecule has 5 heteroatoms. The Morgan fingerprint density at radius 3 is 2.67 bits per heavy atom. The maximum atomic E-state index is 13.0. The average Bonchev–Trinajstić information content (AvgIpc) is 3.22. The minimum Gasteiger partial charge on any atom is -0.473 e. The molecule has 1 amide bonds. The molecule has 3 aromatic rings. The molecule has 4 rings (SSSR count). The van der Waals surface area contributed by atoms with Crippen LogP contribution in [0.15, 0.2) is 72.9 Å². The summed E-state index contributed by atoms with van der Waals surface area (Å²) < 4.78 is 5.99. The lowest BCUT2D eigenvalue weighted by molar-refractivity contribution is 0.101. The lowest BCUT2D eigenvalue weighted by atomic mass is 10.0. The van der Waals surface area contributed by atoms with Crippen LogP contribution in [0.5, 0.6) is 5.88 Å². The molecule has 0 aliphatic carbocycles. The topological polar surface area (TPSA) is 51.2 Å². The summed E-state index contributed by atoms with van der Waals surface area (Å²) >= 11 is 1.86. The minimum atomic E-state index is -0.216. The molecule has 1 saturated heterocycles. The Hall–Kier alpha value is -2.79. The zero-order chi connectivity index (χ0) is 18.5. The number of ether oxygens (including phenoxy) is 1. The molecule has 1 fully saturated rings. The fourth-order valence-electron chi connectivity index (χ4n) is 3.07. The second-order valence-electron chi connectivity index (χ2n) is 6.33. The van der Waals surface area contributed by atoms with Crippen LogP contribution in [0.4, 0.5) is 5.69 Å². The number of nitrogens with one attached hydrogen (secondary N) is 1. The highest BCUT2D eigenvalue weighted by Crippen LogP contribution is 2.29. The summed E-state index contributed by atoms with van der Waals surface area (Å²) in [5.41, 5.74) is 3.25. The minimum absolute atomic E-state index is 0.119. The van der Waals surface area contributed by atoms with Gasteiger partial charge in [-0.05, 0) is 35.9 Å². The number of carbonyl (C=O) groups excluding carboxylic acids is 1. The fraction of sp³-hybridized carbons (Fsp3) is 0.182. The molecule has 2 aromatic carbocycles. The van der Waals surface area contributed by atoms with Crippen LogP contribution in [0, 0.1) is 0 Å². The third-order valence-electron chi connectivity index (χ3n) is 4.44. The van der Waals surface area contributed by atoms with Crippen molar-refractivity contribution >= 4 is 23.4 Å². The number of nitrogens with zero attached hydrogens (tertiary/aromatic N) is 1. The van der Waals surface area contributed by atoms with Crippen LogP contribution < -0.4 is 10.1 Å². The summed E-state index contributed by atoms with van der Waals surface area (Å²) in [6.07, 6.45) is 2.76.